The molecule has 1 aliphatic heterocycles. The number of piperazine rings is 1. The Hall–Kier alpha value is -3.47. The molecule has 0 saturated carbocycles. The molecule has 0 unspecified atom stereocenters. The summed E-state index contributed by atoms with van der Waals surface area (Å²) in [5.74, 6) is 0.474. The van der Waals surface area contributed by atoms with Crippen LogP contribution in [-0.4, -0.2) is 68.4 Å². The molecule has 27 heavy (non-hydrogen) atoms. The summed E-state index contributed by atoms with van der Waals surface area (Å²) in [5, 5.41) is 33.0. The Bertz CT molecular complexity index is 833. The number of nitrogens with one attached hydrogen (secondary N) is 1. The van der Waals surface area contributed by atoms with E-state index in [0.717, 1.165) is 0 Å². The second-order valence-corrected chi connectivity index (χ2v) is 5.91. The Balaban J connectivity index is 1.91. The first-order valence-corrected chi connectivity index (χ1v) is 8.17. The Morgan fingerprint density at radius 2 is 2.04 bits per heavy atom. The van der Waals surface area contributed by atoms with Gasteiger partial charge in [-0.15, -0.1) is 0 Å². The van der Waals surface area contributed by atoms with E-state index >= 15 is 0 Å². The predicted octanol–water partition coefficient (Wildman–Crippen LogP) is 1.29. The van der Waals surface area contributed by atoms with Gasteiger partial charge in [-0.1, -0.05) is 0 Å². The molecule has 1 atom stereocenters. The molecule has 2 aromatic heterocycles. The number of carboxylic acid groups (broad SMARTS) is 1. The number of aliphatic hydroxyl groups is 1. The van der Waals surface area contributed by atoms with Gasteiger partial charge in [0.05, 0.1) is 17.6 Å². The summed E-state index contributed by atoms with van der Waals surface area (Å²) in [4.78, 5) is 33.2. The van der Waals surface area contributed by atoms with Crippen LogP contribution >= 0.6 is 0 Å². The van der Waals surface area contributed by atoms with Crippen molar-refractivity contribution < 1.29 is 19.9 Å². The van der Waals surface area contributed by atoms with E-state index in [0.29, 0.717) is 18.1 Å². The standard InChI is InChI=1S/C16H18N6O5/c23-10-12-9-20(16(24)25)7-8-21(12)14-2-1-13(22(26)27)15(19-14)18-11-3-5-17-6-4-11/h1-6,12,23H,7-10H2,(H,24,25)(H,17,18,19)/t12-/m0/s1. The van der Waals surface area contributed by atoms with Crippen molar-refractivity contribution >= 4 is 29.1 Å². The molecule has 1 saturated heterocycles. The molecule has 0 aliphatic carbocycles. The van der Waals surface area contributed by atoms with E-state index in [1.165, 1.54) is 17.0 Å². The van der Waals surface area contributed by atoms with Gasteiger partial charge in [-0.2, -0.15) is 0 Å². The van der Waals surface area contributed by atoms with Crippen LogP contribution in [0.5, 0.6) is 0 Å². The van der Waals surface area contributed by atoms with Crippen LogP contribution in [0.4, 0.5) is 27.8 Å². The summed E-state index contributed by atoms with van der Waals surface area (Å²) in [6.07, 6.45) is 2.04. The van der Waals surface area contributed by atoms with Crippen LogP contribution in [-0.2, 0) is 0 Å². The Morgan fingerprint density at radius 1 is 1.30 bits per heavy atom. The van der Waals surface area contributed by atoms with Gasteiger partial charge in [-0.25, -0.2) is 9.78 Å². The largest absolute Gasteiger partial charge is 0.465 e. The van der Waals surface area contributed by atoms with Crippen molar-refractivity contribution in [2.75, 3.05) is 36.5 Å². The summed E-state index contributed by atoms with van der Waals surface area (Å²) in [5.41, 5.74) is 0.396. The lowest BCUT2D eigenvalue weighted by Crippen LogP contribution is -2.56. The first kappa shape index (κ1) is 18.3. The van der Waals surface area contributed by atoms with E-state index in [-0.39, 0.29) is 31.2 Å². The Labute approximate surface area is 154 Å². The van der Waals surface area contributed by atoms with Crippen molar-refractivity contribution in [1.29, 1.82) is 0 Å². The first-order chi connectivity index (χ1) is 13.0. The highest BCUT2D eigenvalue weighted by Crippen LogP contribution is 2.29. The molecule has 142 valence electrons. The fraction of sp³-hybridized carbons (Fsp3) is 0.312. The first-order valence-electron chi connectivity index (χ1n) is 8.17. The SMILES string of the molecule is O=C(O)N1CCN(c2ccc([N+](=O)[O-])c(Nc3ccncc3)n2)[C@H](CO)C1. The predicted molar refractivity (Wildman–Crippen MR) is 96.2 cm³/mol. The molecule has 3 rings (SSSR count). The molecule has 11 heteroatoms. The number of hydrogen-bond donors (Lipinski definition) is 3. The molecular formula is C16H18N6O5. The van der Waals surface area contributed by atoms with E-state index in [4.69, 9.17) is 5.11 Å². The number of nitrogens with zero attached hydrogens (tertiary/aromatic N) is 5. The van der Waals surface area contributed by atoms with Crippen molar-refractivity contribution in [2.45, 2.75) is 6.04 Å². The minimum Gasteiger partial charge on any atom is -0.465 e. The summed E-state index contributed by atoms with van der Waals surface area (Å²) in [7, 11) is 0. The second kappa shape index (κ2) is 7.83. The van der Waals surface area contributed by atoms with Crippen LogP contribution in [0, 0.1) is 10.1 Å². The number of aromatic nitrogens is 2. The van der Waals surface area contributed by atoms with Crippen LogP contribution in [0.15, 0.2) is 36.7 Å². The zero-order chi connectivity index (χ0) is 19.4. The molecule has 3 heterocycles. The van der Waals surface area contributed by atoms with E-state index < -0.39 is 17.1 Å². The molecule has 1 aliphatic rings. The second-order valence-electron chi connectivity index (χ2n) is 5.91. The molecule has 0 bridgehead atoms. The third kappa shape index (κ3) is 4.03. The Morgan fingerprint density at radius 3 is 2.67 bits per heavy atom. The lowest BCUT2D eigenvalue weighted by atomic mass is 10.1. The maximum absolute atomic E-state index is 11.3. The molecule has 1 fully saturated rings. The molecule has 0 radical (unpaired) electrons. The molecule has 11 nitrogen and oxygen atoms in total. The van der Waals surface area contributed by atoms with Crippen molar-refractivity contribution in [3.63, 3.8) is 0 Å². The third-order valence-corrected chi connectivity index (χ3v) is 4.26. The normalized spacial score (nSPS) is 16.9. The van der Waals surface area contributed by atoms with Crippen molar-refractivity contribution in [3.8, 4) is 0 Å². The van der Waals surface area contributed by atoms with Crippen LogP contribution < -0.4 is 10.2 Å². The number of carbonyl (C=O) groups is 1. The third-order valence-electron chi connectivity index (χ3n) is 4.26. The zero-order valence-corrected chi connectivity index (χ0v) is 14.2. The summed E-state index contributed by atoms with van der Waals surface area (Å²) < 4.78 is 0. The number of rotatable bonds is 5. The molecular weight excluding hydrogens is 356 g/mol. The average molecular weight is 374 g/mol. The van der Waals surface area contributed by atoms with Crippen molar-refractivity contribution in [1.82, 2.24) is 14.9 Å². The topological polar surface area (TPSA) is 145 Å². The van der Waals surface area contributed by atoms with Gasteiger partial charge < -0.3 is 25.3 Å². The van der Waals surface area contributed by atoms with Gasteiger partial charge in [-0.3, -0.25) is 15.1 Å². The molecule has 0 aromatic carbocycles. The average Bonchev–Trinajstić information content (AvgIpc) is 2.68. The fourth-order valence-corrected chi connectivity index (χ4v) is 2.90. The number of hydrogen-bond acceptors (Lipinski definition) is 8. The highest BCUT2D eigenvalue weighted by atomic mass is 16.6. The van der Waals surface area contributed by atoms with E-state index in [2.05, 4.69) is 15.3 Å². The maximum atomic E-state index is 11.3. The van der Waals surface area contributed by atoms with E-state index in [1.54, 1.807) is 29.4 Å². The minimum absolute atomic E-state index is 0.0565. The van der Waals surface area contributed by atoms with Crippen molar-refractivity contribution in [2.24, 2.45) is 0 Å². The summed E-state index contributed by atoms with van der Waals surface area (Å²) >= 11 is 0. The van der Waals surface area contributed by atoms with Crippen molar-refractivity contribution in [3.05, 3.63) is 46.8 Å². The van der Waals surface area contributed by atoms with Gasteiger partial charge >= 0.3 is 11.8 Å². The van der Waals surface area contributed by atoms with Gasteiger partial charge in [0.15, 0.2) is 0 Å². The van der Waals surface area contributed by atoms with E-state index in [1.807, 2.05) is 0 Å². The lowest BCUT2D eigenvalue weighted by Gasteiger charge is -2.40. The monoisotopic (exact) mass is 374 g/mol. The number of aliphatic hydroxyl groups excluding tert-OH is 1. The van der Waals surface area contributed by atoms with Gasteiger partial charge in [0.25, 0.3) is 0 Å². The van der Waals surface area contributed by atoms with Gasteiger partial charge in [0.1, 0.15) is 5.82 Å². The fourth-order valence-electron chi connectivity index (χ4n) is 2.90. The van der Waals surface area contributed by atoms with Crippen LogP contribution in [0.3, 0.4) is 0 Å². The summed E-state index contributed by atoms with van der Waals surface area (Å²) in [6.45, 7) is 0.418. The van der Waals surface area contributed by atoms with Gasteiger partial charge in [0, 0.05) is 43.8 Å². The zero-order valence-electron chi connectivity index (χ0n) is 14.2. The van der Waals surface area contributed by atoms with Gasteiger partial charge in [0.2, 0.25) is 5.82 Å². The number of pyridine rings is 2. The minimum atomic E-state index is -1.05. The van der Waals surface area contributed by atoms with E-state index in [9.17, 15) is 20.0 Å². The highest BCUT2D eigenvalue weighted by Gasteiger charge is 2.31. The lowest BCUT2D eigenvalue weighted by molar-refractivity contribution is -0.384. The summed E-state index contributed by atoms with van der Waals surface area (Å²) in [6, 6.07) is 5.65. The number of nitro groups is 1. The molecule has 1 amide bonds. The van der Waals surface area contributed by atoms with Crippen LogP contribution in [0.2, 0.25) is 0 Å². The van der Waals surface area contributed by atoms with Gasteiger partial charge in [-0.05, 0) is 18.2 Å². The highest BCUT2D eigenvalue weighted by molar-refractivity contribution is 5.68. The smallest absolute Gasteiger partial charge is 0.407 e. The maximum Gasteiger partial charge on any atom is 0.407 e. The molecule has 3 N–H and O–H groups in total. The Kier molecular flexibility index (Phi) is 5.31. The number of amides is 1. The molecule has 0 spiro atoms. The molecule has 2 aromatic rings. The quantitative estimate of drug-likeness (QED) is 0.520. The number of anilines is 3. The van der Waals surface area contributed by atoms with Crippen LogP contribution in [0.1, 0.15) is 0 Å². The van der Waals surface area contributed by atoms with Crippen LogP contribution in [0.25, 0.3) is 0 Å².